The molecule has 1 rings (SSSR count). The minimum Gasteiger partial charge on any atom is -0.384 e. The first-order valence-electron chi connectivity index (χ1n) is 3.78. The molecule has 0 spiro atoms. The quantitative estimate of drug-likeness (QED) is 0.729. The number of halogens is 1. The van der Waals surface area contributed by atoms with Crippen molar-refractivity contribution in [2.45, 2.75) is 6.42 Å². The third kappa shape index (κ3) is 2.93. The van der Waals surface area contributed by atoms with Crippen molar-refractivity contribution in [3.63, 3.8) is 0 Å². The van der Waals surface area contributed by atoms with Crippen LogP contribution in [0.4, 0.5) is 5.82 Å². The van der Waals surface area contributed by atoms with E-state index < -0.39 is 0 Å². The molecule has 0 amide bonds. The van der Waals surface area contributed by atoms with Crippen LogP contribution in [0.1, 0.15) is 12.1 Å². The highest BCUT2D eigenvalue weighted by molar-refractivity contribution is 6.17. The fraction of sp³-hybridized carbons (Fsp3) is 0.222. The molecule has 0 saturated heterocycles. The third-order valence-electron chi connectivity index (χ3n) is 1.36. The van der Waals surface area contributed by atoms with Crippen molar-refractivity contribution in [1.29, 1.82) is 0 Å². The van der Waals surface area contributed by atoms with Crippen LogP contribution in [0.5, 0.6) is 0 Å². The van der Waals surface area contributed by atoms with Gasteiger partial charge in [-0.15, -0.1) is 11.6 Å². The van der Waals surface area contributed by atoms with Crippen molar-refractivity contribution >= 4 is 23.5 Å². The topological polar surface area (TPSA) is 38.9 Å². The summed E-state index contributed by atoms with van der Waals surface area (Å²) < 4.78 is 0. The van der Waals surface area contributed by atoms with Crippen molar-refractivity contribution in [2.75, 3.05) is 11.6 Å². The number of nitrogen functional groups attached to an aromatic ring is 1. The van der Waals surface area contributed by atoms with Gasteiger partial charge < -0.3 is 5.73 Å². The van der Waals surface area contributed by atoms with Crippen LogP contribution in [-0.4, -0.2) is 10.9 Å². The van der Waals surface area contributed by atoms with E-state index in [0.29, 0.717) is 11.7 Å². The summed E-state index contributed by atoms with van der Waals surface area (Å²) in [5.41, 5.74) is 6.37. The van der Waals surface area contributed by atoms with Gasteiger partial charge in [0.15, 0.2) is 0 Å². The molecule has 64 valence electrons. The van der Waals surface area contributed by atoms with Crippen molar-refractivity contribution in [3.05, 3.63) is 30.0 Å². The normalized spacial score (nSPS) is 10.8. The van der Waals surface area contributed by atoms with Gasteiger partial charge in [0, 0.05) is 5.88 Å². The maximum atomic E-state index is 5.50. The number of anilines is 1. The first-order chi connectivity index (χ1) is 5.83. The molecule has 1 heterocycles. The van der Waals surface area contributed by atoms with E-state index in [9.17, 15) is 0 Å². The van der Waals surface area contributed by atoms with Gasteiger partial charge in [-0.05, 0) is 24.6 Å². The van der Waals surface area contributed by atoms with Gasteiger partial charge in [-0.3, -0.25) is 0 Å². The van der Waals surface area contributed by atoms with Gasteiger partial charge in [-0.1, -0.05) is 12.1 Å². The first-order valence-corrected chi connectivity index (χ1v) is 4.31. The summed E-state index contributed by atoms with van der Waals surface area (Å²) in [5, 5.41) is 0. The fourth-order valence-electron chi connectivity index (χ4n) is 0.829. The van der Waals surface area contributed by atoms with E-state index in [1.165, 1.54) is 0 Å². The smallest absolute Gasteiger partial charge is 0.124 e. The van der Waals surface area contributed by atoms with Crippen molar-refractivity contribution in [3.8, 4) is 0 Å². The Hall–Kier alpha value is -1.02. The maximum absolute atomic E-state index is 5.50. The number of aromatic nitrogens is 1. The van der Waals surface area contributed by atoms with Crippen LogP contribution < -0.4 is 5.73 Å². The largest absolute Gasteiger partial charge is 0.384 e. The van der Waals surface area contributed by atoms with Crippen molar-refractivity contribution < 1.29 is 0 Å². The Labute approximate surface area is 77.1 Å². The Morgan fingerprint density at radius 1 is 1.50 bits per heavy atom. The highest BCUT2D eigenvalue weighted by atomic mass is 35.5. The predicted molar refractivity (Wildman–Crippen MR) is 53.0 cm³/mol. The zero-order valence-corrected chi connectivity index (χ0v) is 7.46. The van der Waals surface area contributed by atoms with Crippen molar-refractivity contribution in [2.24, 2.45) is 0 Å². The number of nitrogens with zero attached hydrogens (tertiary/aromatic N) is 1. The Balaban J connectivity index is 2.63. The Bertz CT molecular complexity index is 271. The van der Waals surface area contributed by atoms with Gasteiger partial charge in [0.05, 0.1) is 5.69 Å². The average molecular weight is 183 g/mol. The Kier molecular flexibility index (Phi) is 3.61. The van der Waals surface area contributed by atoms with Crippen LogP contribution in [0.15, 0.2) is 24.3 Å². The van der Waals surface area contributed by atoms with E-state index >= 15 is 0 Å². The van der Waals surface area contributed by atoms with E-state index in [1.54, 1.807) is 6.07 Å². The van der Waals surface area contributed by atoms with Gasteiger partial charge in [-0.2, -0.15) is 0 Å². The van der Waals surface area contributed by atoms with Gasteiger partial charge in [0.25, 0.3) is 0 Å². The van der Waals surface area contributed by atoms with Crippen molar-refractivity contribution in [1.82, 2.24) is 4.98 Å². The average Bonchev–Trinajstić information content (AvgIpc) is 2.05. The number of rotatable bonds is 3. The summed E-state index contributed by atoms with van der Waals surface area (Å²) in [7, 11) is 0. The standard InChI is InChI=1S/C9H11ClN2/c10-7-2-1-4-8-5-3-6-9(11)12-8/h1,3-6H,2,7H2,(H2,11,12). The highest BCUT2D eigenvalue weighted by Crippen LogP contribution is 2.02. The summed E-state index contributed by atoms with van der Waals surface area (Å²) in [4.78, 5) is 4.09. The van der Waals surface area contributed by atoms with E-state index in [2.05, 4.69) is 4.98 Å². The molecule has 0 radical (unpaired) electrons. The SMILES string of the molecule is Nc1cccc(C=CCCCl)n1. The highest BCUT2D eigenvalue weighted by Gasteiger charge is 1.87. The summed E-state index contributed by atoms with van der Waals surface area (Å²) in [6, 6.07) is 5.54. The second-order valence-electron chi connectivity index (χ2n) is 2.37. The summed E-state index contributed by atoms with van der Waals surface area (Å²) in [6.07, 6.45) is 4.76. The minimum atomic E-state index is 0.544. The molecule has 2 N–H and O–H groups in total. The van der Waals surface area contributed by atoms with E-state index in [-0.39, 0.29) is 0 Å². The molecule has 0 aliphatic rings. The number of hydrogen-bond donors (Lipinski definition) is 1. The molecule has 0 bridgehead atoms. The minimum absolute atomic E-state index is 0.544. The second-order valence-corrected chi connectivity index (χ2v) is 2.75. The number of hydrogen-bond acceptors (Lipinski definition) is 2. The number of nitrogens with two attached hydrogens (primary N) is 1. The molecule has 0 aliphatic carbocycles. The predicted octanol–water partition coefficient (Wildman–Crippen LogP) is 2.31. The van der Waals surface area contributed by atoms with Gasteiger partial charge in [-0.25, -0.2) is 4.98 Å². The molecule has 0 saturated carbocycles. The lowest BCUT2D eigenvalue weighted by molar-refractivity contribution is 1.23. The number of pyridine rings is 1. The van der Waals surface area contributed by atoms with Crippen LogP contribution >= 0.6 is 11.6 Å². The Morgan fingerprint density at radius 2 is 2.33 bits per heavy atom. The van der Waals surface area contributed by atoms with Crippen LogP contribution in [0.2, 0.25) is 0 Å². The lowest BCUT2D eigenvalue weighted by Gasteiger charge is -1.93. The van der Waals surface area contributed by atoms with Gasteiger partial charge in [0.2, 0.25) is 0 Å². The van der Waals surface area contributed by atoms with E-state index in [4.69, 9.17) is 17.3 Å². The van der Waals surface area contributed by atoms with Crippen LogP contribution in [-0.2, 0) is 0 Å². The fourth-order valence-corrected chi connectivity index (χ4v) is 0.955. The summed E-state index contributed by atoms with van der Waals surface area (Å²) in [5.74, 6) is 1.18. The zero-order valence-electron chi connectivity index (χ0n) is 6.70. The monoisotopic (exact) mass is 182 g/mol. The van der Waals surface area contributed by atoms with E-state index in [1.807, 2.05) is 24.3 Å². The summed E-state index contributed by atoms with van der Waals surface area (Å²) >= 11 is 5.50. The molecular weight excluding hydrogens is 172 g/mol. The summed E-state index contributed by atoms with van der Waals surface area (Å²) in [6.45, 7) is 0. The Morgan fingerprint density at radius 3 is 3.00 bits per heavy atom. The molecular formula is C9H11ClN2. The second kappa shape index (κ2) is 4.78. The molecule has 12 heavy (non-hydrogen) atoms. The van der Waals surface area contributed by atoms with E-state index in [0.717, 1.165) is 12.1 Å². The third-order valence-corrected chi connectivity index (χ3v) is 1.57. The molecule has 0 fully saturated rings. The molecule has 0 aromatic carbocycles. The van der Waals surface area contributed by atoms with Gasteiger partial charge in [0.1, 0.15) is 5.82 Å². The zero-order chi connectivity index (χ0) is 8.81. The van der Waals surface area contributed by atoms with Crippen LogP contribution in [0, 0.1) is 0 Å². The van der Waals surface area contributed by atoms with Gasteiger partial charge >= 0.3 is 0 Å². The molecule has 1 aromatic rings. The molecule has 0 atom stereocenters. The molecule has 1 aromatic heterocycles. The van der Waals surface area contributed by atoms with Crippen LogP contribution in [0.25, 0.3) is 6.08 Å². The first kappa shape index (κ1) is 9.07. The maximum Gasteiger partial charge on any atom is 0.124 e. The molecule has 0 aliphatic heterocycles. The lowest BCUT2D eigenvalue weighted by Crippen LogP contribution is -1.90. The molecule has 3 heteroatoms. The number of alkyl halides is 1. The number of allylic oxidation sites excluding steroid dienone is 1. The van der Waals surface area contributed by atoms with Crippen LogP contribution in [0.3, 0.4) is 0 Å². The molecule has 2 nitrogen and oxygen atoms in total. The molecule has 0 unspecified atom stereocenters. The lowest BCUT2D eigenvalue weighted by atomic mass is 10.3.